The highest BCUT2D eigenvalue weighted by Crippen LogP contribution is 2.00. The van der Waals surface area contributed by atoms with Crippen LogP contribution in [0.3, 0.4) is 0 Å². The molecule has 0 radical (unpaired) electrons. The molecule has 1 aromatic rings. The van der Waals surface area contributed by atoms with Crippen LogP contribution >= 0.6 is 0 Å². The lowest BCUT2D eigenvalue weighted by Crippen LogP contribution is -2.23. The van der Waals surface area contributed by atoms with E-state index < -0.39 is 21.1 Å². The van der Waals surface area contributed by atoms with Gasteiger partial charge in [-0.3, -0.25) is 4.79 Å². The van der Waals surface area contributed by atoms with Gasteiger partial charge in [0.1, 0.15) is 19.5 Å². The summed E-state index contributed by atoms with van der Waals surface area (Å²) in [6.45, 7) is 2.85. The number of carbonyl (C=O) groups excluding carboxylic acids is 1. The van der Waals surface area contributed by atoms with Crippen LogP contribution < -0.4 is 5.73 Å². The number of hydrogen-bond acceptors (Lipinski definition) is 7. The molecule has 18 heavy (non-hydrogen) atoms. The molecule has 8 nitrogen and oxygen atoms in total. The van der Waals surface area contributed by atoms with Crippen LogP contribution in [-0.4, -0.2) is 46.8 Å². The Morgan fingerprint density at radius 1 is 1.56 bits per heavy atom. The number of carbonyl (C=O) groups is 1. The molecule has 0 saturated heterocycles. The minimum absolute atomic E-state index is 0.0604. The average Bonchev–Trinajstić information content (AvgIpc) is 2.63. The number of nitrogen functional groups attached to an aromatic ring is 1. The van der Waals surface area contributed by atoms with Crippen LogP contribution in [0.25, 0.3) is 0 Å². The third-order valence-electron chi connectivity index (χ3n) is 2.19. The van der Waals surface area contributed by atoms with Crippen LogP contribution in [0.4, 0.5) is 5.95 Å². The zero-order valence-corrected chi connectivity index (χ0v) is 11.1. The molecule has 0 aliphatic carbocycles. The van der Waals surface area contributed by atoms with Crippen LogP contribution in [-0.2, 0) is 25.9 Å². The second-order valence-corrected chi connectivity index (χ2v) is 6.61. The van der Waals surface area contributed by atoms with Crippen molar-refractivity contribution < 1.29 is 17.9 Å². The van der Waals surface area contributed by atoms with Crippen LogP contribution in [0.15, 0.2) is 6.33 Å². The predicted octanol–water partition coefficient (Wildman–Crippen LogP) is -0.773. The van der Waals surface area contributed by atoms with Crippen molar-refractivity contribution in [3.63, 3.8) is 0 Å². The molecular weight excluding hydrogens is 260 g/mol. The quantitative estimate of drug-likeness (QED) is 0.677. The Morgan fingerprint density at radius 3 is 2.72 bits per heavy atom. The third-order valence-corrected chi connectivity index (χ3v) is 4.37. The first-order chi connectivity index (χ1) is 8.31. The summed E-state index contributed by atoms with van der Waals surface area (Å²) in [5, 5.41) is 3.22. The minimum Gasteiger partial charge on any atom is -0.463 e. The second kappa shape index (κ2) is 5.80. The molecule has 0 aliphatic heterocycles. The third kappa shape index (κ3) is 4.32. The zero-order chi connectivity index (χ0) is 13.8. The van der Waals surface area contributed by atoms with Gasteiger partial charge in [0.25, 0.3) is 0 Å². The molecular formula is C9H16N4O4S. The average molecular weight is 276 g/mol. The number of rotatable bonds is 6. The van der Waals surface area contributed by atoms with Crippen molar-refractivity contribution in [2.75, 3.05) is 18.1 Å². The van der Waals surface area contributed by atoms with Gasteiger partial charge in [-0.25, -0.2) is 18.1 Å². The van der Waals surface area contributed by atoms with Gasteiger partial charge in [0.2, 0.25) is 5.95 Å². The van der Waals surface area contributed by atoms with E-state index in [1.54, 1.807) is 13.8 Å². The van der Waals surface area contributed by atoms with Crippen molar-refractivity contribution in [2.45, 2.75) is 25.6 Å². The van der Waals surface area contributed by atoms with Crippen molar-refractivity contribution in [1.29, 1.82) is 0 Å². The maximum absolute atomic E-state index is 11.4. The molecule has 0 fully saturated rings. The molecule has 1 aromatic heterocycles. The van der Waals surface area contributed by atoms with Crippen LogP contribution in [0, 0.1) is 0 Å². The Bertz CT molecular complexity index is 508. The van der Waals surface area contributed by atoms with Gasteiger partial charge in [-0.05, 0) is 13.8 Å². The SMILES string of the molecule is CC(C)S(=O)(=O)CCOC(=O)Cn1cnc(N)n1. The fraction of sp³-hybridized carbons (Fsp3) is 0.667. The summed E-state index contributed by atoms with van der Waals surface area (Å²) in [4.78, 5) is 15.0. The molecule has 1 rings (SSSR count). The molecule has 2 N–H and O–H groups in total. The number of esters is 1. The van der Waals surface area contributed by atoms with Gasteiger partial charge in [0.05, 0.1) is 11.0 Å². The van der Waals surface area contributed by atoms with Crippen molar-refractivity contribution >= 4 is 21.8 Å². The maximum atomic E-state index is 11.4. The summed E-state index contributed by atoms with van der Waals surface area (Å²) < 4.78 is 28.9. The van der Waals surface area contributed by atoms with E-state index in [1.165, 1.54) is 11.0 Å². The highest BCUT2D eigenvalue weighted by Gasteiger charge is 2.16. The monoisotopic (exact) mass is 276 g/mol. The fourth-order valence-corrected chi connectivity index (χ4v) is 1.86. The topological polar surface area (TPSA) is 117 Å². The molecule has 0 atom stereocenters. The Hall–Kier alpha value is -1.64. The highest BCUT2D eigenvalue weighted by atomic mass is 32.2. The van der Waals surface area contributed by atoms with Crippen molar-refractivity contribution in [3.05, 3.63) is 6.33 Å². The lowest BCUT2D eigenvalue weighted by molar-refractivity contribution is -0.143. The van der Waals surface area contributed by atoms with Gasteiger partial charge in [-0.1, -0.05) is 0 Å². The second-order valence-electron chi connectivity index (χ2n) is 3.94. The van der Waals surface area contributed by atoms with Gasteiger partial charge in [-0.2, -0.15) is 0 Å². The molecule has 1 heterocycles. The number of ether oxygens (including phenoxy) is 1. The smallest absolute Gasteiger partial charge is 0.327 e. The summed E-state index contributed by atoms with van der Waals surface area (Å²) in [6, 6.07) is 0. The van der Waals surface area contributed by atoms with Gasteiger partial charge < -0.3 is 10.5 Å². The first kappa shape index (κ1) is 14.4. The highest BCUT2D eigenvalue weighted by molar-refractivity contribution is 7.91. The Morgan fingerprint density at radius 2 is 2.22 bits per heavy atom. The van der Waals surface area contributed by atoms with E-state index in [0.29, 0.717) is 0 Å². The molecule has 102 valence electrons. The molecule has 0 amide bonds. The largest absolute Gasteiger partial charge is 0.463 e. The lowest BCUT2D eigenvalue weighted by atomic mass is 10.6. The van der Waals surface area contributed by atoms with Crippen LogP contribution in [0.5, 0.6) is 0 Å². The van der Waals surface area contributed by atoms with E-state index in [1.807, 2.05) is 0 Å². The van der Waals surface area contributed by atoms with Gasteiger partial charge in [0, 0.05) is 0 Å². The van der Waals surface area contributed by atoms with Crippen LogP contribution in [0.2, 0.25) is 0 Å². The number of sulfone groups is 1. The van der Waals surface area contributed by atoms with E-state index in [9.17, 15) is 13.2 Å². The van der Waals surface area contributed by atoms with Gasteiger partial charge in [-0.15, -0.1) is 5.10 Å². The van der Waals surface area contributed by atoms with E-state index in [2.05, 4.69) is 10.1 Å². The Balaban J connectivity index is 2.34. The summed E-state index contributed by atoms with van der Waals surface area (Å²) in [7, 11) is -3.19. The standard InChI is InChI=1S/C9H16N4O4S/c1-7(2)18(15,16)4-3-17-8(14)5-13-6-11-9(10)12-13/h6-7H,3-5H2,1-2H3,(H2,10,12). The molecule has 0 unspecified atom stereocenters. The molecule has 9 heteroatoms. The van der Waals surface area contributed by atoms with E-state index in [-0.39, 0.29) is 24.9 Å². The molecule has 0 bridgehead atoms. The Labute approximate surface area is 105 Å². The predicted molar refractivity (Wildman–Crippen MR) is 64.3 cm³/mol. The lowest BCUT2D eigenvalue weighted by Gasteiger charge is -2.08. The normalized spacial score (nSPS) is 11.7. The Kier molecular flexibility index (Phi) is 4.65. The number of hydrogen-bond donors (Lipinski definition) is 1. The van der Waals surface area contributed by atoms with E-state index in [0.717, 1.165) is 0 Å². The van der Waals surface area contributed by atoms with Crippen molar-refractivity contribution in [1.82, 2.24) is 14.8 Å². The van der Waals surface area contributed by atoms with Gasteiger partial charge >= 0.3 is 5.97 Å². The van der Waals surface area contributed by atoms with Crippen molar-refractivity contribution in [3.8, 4) is 0 Å². The minimum atomic E-state index is -3.19. The summed E-state index contributed by atoms with van der Waals surface area (Å²) in [5.74, 6) is -0.709. The summed E-state index contributed by atoms with van der Waals surface area (Å²) >= 11 is 0. The molecule has 0 spiro atoms. The van der Waals surface area contributed by atoms with Crippen LogP contribution in [0.1, 0.15) is 13.8 Å². The maximum Gasteiger partial charge on any atom is 0.327 e. The van der Waals surface area contributed by atoms with Crippen molar-refractivity contribution in [2.24, 2.45) is 0 Å². The first-order valence-electron chi connectivity index (χ1n) is 5.33. The summed E-state index contributed by atoms with van der Waals surface area (Å²) in [6.07, 6.45) is 1.29. The number of nitrogens with zero attached hydrogens (tertiary/aromatic N) is 3. The fourth-order valence-electron chi connectivity index (χ4n) is 1.07. The number of anilines is 1. The number of aromatic nitrogens is 3. The summed E-state index contributed by atoms with van der Waals surface area (Å²) in [5.41, 5.74) is 5.27. The molecule has 0 aromatic carbocycles. The molecule has 0 saturated carbocycles. The van der Waals surface area contributed by atoms with Gasteiger partial charge in [0.15, 0.2) is 9.84 Å². The van der Waals surface area contributed by atoms with E-state index in [4.69, 9.17) is 10.5 Å². The first-order valence-corrected chi connectivity index (χ1v) is 7.05. The molecule has 0 aliphatic rings. The zero-order valence-electron chi connectivity index (χ0n) is 10.2. The number of nitrogens with two attached hydrogens (primary N) is 1. The van der Waals surface area contributed by atoms with E-state index >= 15 is 0 Å².